The molecule has 0 radical (unpaired) electrons. The summed E-state index contributed by atoms with van der Waals surface area (Å²) >= 11 is 7.95. The molecule has 3 aliphatic rings. The standard InChI is InChI=1S/C31H30BClN2O5S/c1-18-13-23-29(31(38)35(30(23)37)17-22-5-4-12-41-22)24-16-32(39)40-27(28(18)24)10-8-20(26-6-2-3-11-34-26)14-19-7-9-21(36)15-25(19)33/h2-7,9,11-12,14-15,23-24,27,29,36,39H,8,10,13,16-17H2,1H3/b20-14-/t23-,24+,27-,29-/m1/s1. The smallest absolute Gasteiger partial charge is 0.455 e. The Labute approximate surface area is 248 Å². The van der Waals surface area contributed by atoms with Gasteiger partial charge in [-0.1, -0.05) is 29.3 Å². The molecule has 210 valence electrons. The number of hydrogen-bond acceptors (Lipinski definition) is 7. The van der Waals surface area contributed by atoms with Gasteiger partial charge in [0.2, 0.25) is 11.8 Å². The summed E-state index contributed by atoms with van der Waals surface area (Å²) in [5, 5.41) is 23.0. The van der Waals surface area contributed by atoms with Crippen molar-refractivity contribution in [3.05, 3.63) is 92.4 Å². The van der Waals surface area contributed by atoms with Crippen LogP contribution in [0.15, 0.2) is 71.3 Å². The van der Waals surface area contributed by atoms with Crippen LogP contribution in [0.5, 0.6) is 5.75 Å². The van der Waals surface area contributed by atoms with Gasteiger partial charge < -0.3 is 14.8 Å². The summed E-state index contributed by atoms with van der Waals surface area (Å²) < 4.78 is 6.11. The number of pyridine rings is 1. The molecule has 2 amide bonds. The third-order valence-corrected chi connectivity index (χ3v) is 9.61. The van der Waals surface area contributed by atoms with E-state index in [9.17, 15) is 19.7 Å². The van der Waals surface area contributed by atoms with E-state index in [0.29, 0.717) is 37.2 Å². The van der Waals surface area contributed by atoms with Gasteiger partial charge >= 0.3 is 7.12 Å². The van der Waals surface area contributed by atoms with Gasteiger partial charge in [-0.25, -0.2) is 0 Å². The van der Waals surface area contributed by atoms with Crippen molar-refractivity contribution in [1.82, 2.24) is 9.88 Å². The van der Waals surface area contributed by atoms with Gasteiger partial charge in [0.05, 0.1) is 35.2 Å². The molecule has 0 spiro atoms. The zero-order valence-corrected chi connectivity index (χ0v) is 24.1. The maximum atomic E-state index is 13.7. The second-order valence-electron chi connectivity index (χ2n) is 11.0. The second kappa shape index (κ2) is 11.6. The molecule has 10 heteroatoms. The van der Waals surface area contributed by atoms with Crippen LogP contribution >= 0.6 is 22.9 Å². The van der Waals surface area contributed by atoms with E-state index in [0.717, 1.165) is 32.9 Å². The average Bonchev–Trinajstić information content (AvgIpc) is 3.55. The number of benzene rings is 1. The molecule has 2 saturated heterocycles. The van der Waals surface area contributed by atoms with E-state index in [4.69, 9.17) is 16.3 Å². The number of fused-ring (bicyclic) bond motifs is 3. The van der Waals surface area contributed by atoms with Gasteiger partial charge in [-0.3, -0.25) is 19.5 Å². The summed E-state index contributed by atoms with van der Waals surface area (Å²) in [5.74, 6) is -1.30. The highest BCUT2D eigenvalue weighted by Crippen LogP contribution is 2.51. The Morgan fingerprint density at radius 2 is 2.05 bits per heavy atom. The molecule has 0 bridgehead atoms. The molecule has 41 heavy (non-hydrogen) atoms. The number of imide groups is 1. The lowest BCUT2D eigenvalue weighted by Gasteiger charge is -2.42. The highest BCUT2D eigenvalue weighted by Gasteiger charge is 2.56. The third kappa shape index (κ3) is 5.51. The van der Waals surface area contributed by atoms with Crippen LogP contribution in [0.4, 0.5) is 0 Å². The first-order valence-electron chi connectivity index (χ1n) is 13.8. The van der Waals surface area contributed by atoms with Gasteiger partial charge in [0.25, 0.3) is 0 Å². The second-order valence-corrected chi connectivity index (χ2v) is 12.4. The number of allylic oxidation sites excluding steroid dienone is 2. The summed E-state index contributed by atoms with van der Waals surface area (Å²) in [4.78, 5) is 34.0. The number of carbonyl (C=O) groups is 2. The van der Waals surface area contributed by atoms with Gasteiger partial charge in [0.15, 0.2) is 0 Å². The Hall–Kier alpha value is -3.24. The summed E-state index contributed by atoms with van der Waals surface area (Å²) in [5.41, 5.74) is 4.58. The minimum absolute atomic E-state index is 0.0917. The number of phenols is 1. The van der Waals surface area contributed by atoms with Gasteiger partial charge in [-0.2, -0.15) is 0 Å². The molecule has 3 aromatic rings. The number of halogens is 1. The molecule has 2 fully saturated rings. The van der Waals surface area contributed by atoms with Crippen LogP contribution in [0.25, 0.3) is 11.6 Å². The minimum atomic E-state index is -1.02. The minimum Gasteiger partial charge on any atom is -0.508 e. The van der Waals surface area contributed by atoms with E-state index >= 15 is 0 Å². The predicted octanol–water partition coefficient (Wildman–Crippen LogP) is 5.84. The number of thiophene rings is 1. The maximum absolute atomic E-state index is 13.7. The zero-order chi connectivity index (χ0) is 28.7. The number of hydrogen-bond donors (Lipinski definition) is 2. The molecule has 2 aliphatic heterocycles. The van der Waals surface area contributed by atoms with E-state index < -0.39 is 25.1 Å². The van der Waals surface area contributed by atoms with Crippen molar-refractivity contribution >= 4 is 53.5 Å². The fourth-order valence-corrected chi connectivity index (χ4v) is 7.56. The van der Waals surface area contributed by atoms with Crippen LogP contribution in [0.2, 0.25) is 11.3 Å². The van der Waals surface area contributed by atoms with Crippen molar-refractivity contribution in [2.75, 3.05) is 0 Å². The summed E-state index contributed by atoms with van der Waals surface area (Å²) in [6, 6.07) is 14.4. The molecule has 2 N–H and O–H groups in total. The maximum Gasteiger partial charge on any atom is 0.455 e. The first-order chi connectivity index (χ1) is 19.8. The summed E-state index contributed by atoms with van der Waals surface area (Å²) in [6.45, 7) is 2.32. The Kier molecular flexibility index (Phi) is 7.87. The Balaban J connectivity index is 1.27. The van der Waals surface area contributed by atoms with E-state index in [1.165, 1.54) is 22.3 Å². The van der Waals surface area contributed by atoms with Crippen LogP contribution in [0.1, 0.15) is 42.3 Å². The summed E-state index contributed by atoms with van der Waals surface area (Å²) in [6.07, 6.45) is 5.22. The molecule has 0 unspecified atom stereocenters. The quantitative estimate of drug-likeness (QED) is 0.204. The lowest BCUT2D eigenvalue weighted by Crippen LogP contribution is -2.46. The van der Waals surface area contributed by atoms with Gasteiger partial charge in [0.1, 0.15) is 5.75 Å². The normalized spacial score (nSPS) is 24.6. The van der Waals surface area contributed by atoms with Gasteiger partial charge in [-0.15, -0.1) is 11.3 Å². The molecular weight excluding hydrogens is 559 g/mol. The Morgan fingerprint density at radius 1 is 1.20 bits per heavy atom. The SMILES string of the molecule is CC1=C2[C@@H](CC/C(=C/c3ccc(O)cc3Cl)c3ccccn3)OB(O)C[C@@H]2[C@@H]2C(=O)N(Cc3cccs3)C(=O)[C@@H]2C1. The molecule has 4 heterocycles. The molecule has 1 aliphatic carbocycles. The molecule has 4 atom stereocenters. The highest BCUT2D eigenvalue weighted by molar-refractivity contribution is 7.09. The molecule has 0 saturated carbocycles. The molecule has 1 aromatic carbocycles. The van der Waals surface area contributed by atoms with Crippen molar-refractivity contribution in [1.29, 1.82) is 0 Å². The van der Waals surface area contributed by atoms with Crippen LogP contribution in [0, 0.1) is 17.8 Å². The monoisotopic (exact) mass is 588 g/mol. The van der Waals surface area contributed by atoms with E-state index in [2.05, 4.69) is 4.98 Å². The van der Waals surface area contributed by atoms with Crippen LogP contribution in [-0.2, 0) is 20.8 Å². The molecule has 2 aromatic heterocycles. The molecule has 7 nitrogen and oxygen atoms in total. The summed E-state index contributed by atoms with van der Waals surface area (Å²) in [7, 11) is -1.02. The fourth-order valence-electron chi connectivity index (χ4n) is 6.63. The molecular formula is C31H30BClN2O5S. The number of nitrogens with zero attached hydrogens (tertiary/aromatic N) is 2. The predicted molar refractivity (Wildman–Crippen MR) is 160 cm³/mol. The number of carbonyl (C=O) groups excluding carboxylic acids is 2. The van der Waals surface area contributed by atoms with Crippen molar-refractivity contribution in [2.24, 2.45) is 17.8 Å². The van der Waals surface area contributed by atoms with Crippen molar-refractivity contribution in [3.8, 4) is 5.75 Å². The van der Waals surface area contributed by atoms with Crippen LogP contribution in [-0.4, -0.2) is 45.1 Å². The number of aromatic nitrogens is 1. The number of amides is 2. The first kappa shape index (κ1) is 27.9. The lowest BCUT2D eigenvalue weighted by atomic mass is 9.58. The largest absolute Gasteiger partial charge is 0.508 e. The van der Waals surface area contributed by atoms with Crippen LogP contribution < -0.4 is 0 Å². The number of rotatable bonds is 7. The lowest BCUT2D eigenvalue weighted by molar-refractivity contribution is -0.140. The van der Waals surface area contributed by atoms with Crippen molar-refractivity contribution in [3.63, 3.8) is 0 Å². The van der Waals surface area contributed by atoms with E-state index in [1.807, 2.05) is 48.7 Å². The number of aromatic hydroxyl groups is 1. The van der Waals surface area contributed by atoms with Gasteiger partial charge in [-0.05, 0) is 103 Å². The zero-order valence-electron chi connectivity index (χ0n) is 22.6. The molecule has 6 rings (SSSR count). The van der Waals surface area contributed by atoms with Crippen molar-refractivity contribution < 1.29 is 24.4 Å². The average molecular weight is 589 g/mol. The third-order valence-electron chi connectivity index (χ3n) is 8.42. The highest BCUT2D eigenvalue weighted by atomic mass is 35.5. The first-order valence-corrected chi connectivity index (χ1v) is 15.1. The number of likely N-dealkylation sites (tertiary alicyclic amines) is 1. The van der Waals surface area contributed by atoms with E-state index in [1.54, 1.807) is 18.3 Å². The number of phenolic OH excluding ortho intramolecular Hbond substituents is 1. The Bertz CT molecular complexity index is 1530. The van der Waals surface area contributed by atoms with E-state index in [-0.39, 0.29) is 23.5 Å². The Morgan fingerprint density at radius 3 is 2.78 bits per heavy atom. The van der Waals surface area contributed by atoms with Crippen LogP contribution in [0.3, 0.4) is 0 Å². The van der Waals surface area contributed by atoms with Crippen molar-refractivity contribution in [2.45, 2.75) is 45.2 Å². The van der Waals surface area contributed by atoms with Gasteiger partial charge in [0, 0.05) is 11.1 Å². The topological polar surface area (TPSA) is 100.0 Å². The fraction of sp³-hybridized carbons (Fsp3) is 0.323.